The van der Waals surface area contributed by atoms with Crippen molar-refractivity contribution >= 4 is 41.7 Å². The number of ether oxygens (including phenoxy) is 1. The van der Waals surface area contributed by atoms with Gasteiger partial charge in [-0.25, -0.2) is 9.38 Å². The number of halogens is 4. The zero-order valence-electron chi connectivity index (χ0n) is 14.4. The normalized spacial score (nSPS) is 11.2. The van der Waals surface area contributed by atoms with Crippen LogP contribution < -0.4 is 15.4 Å². The summed E-state index contributed by atoms with van der Waals surface area (Å²) >= 11 is 1.80. The highest BCUT2D eigenvalue weighted by Gasteiger charge is 2.13. The van der Waals surface area contributed by atoms with Crippen LogP contribution in [0.15, 0.2) is 23.2 Å². The maximum absolute atomic E-state index is 13.9. The van der Waals surface area contributed by atoms with E-state index in [1.54, 1.807) is 11.8 Å². The van der Waals surface area contributed by atoms with E-state index in [1.165, 1.54) is 18.2 Å². The summed E-state index contributed by atoms with van der Waals surface area (Å²) in [6.45, 7) is 0.212. The van der Waals surface area contributed by atoms with E-state index < -0.39 is 12.4 Å². The van der Waals surface area contributed by atoms with Crippen LogP contribution in [0.5, 0.6) is 5.75 Å². The van der Waals surface area contributed by atoms with Gasteiger partial charge in [-0.15, -0.1) is 24.0 Å². The monoisotopic (exact) mass is 491 g/mol. The molecule has 0 aliphatic rings. The van der Waals surface area contributed by atoms with Gasteiger partial charge in [0.25, 0.3) is 0 Å². The molecule has 144 valence electrons. The van der Waals surface area contributed by atoms with Crippen LogP contribution in [0.4, 0.5) is 13.2 Å². The first-order valence-corrected chi connectivity index (χ1v) is 9.21. The molecule has 0 saturated heterocycles. The number of unbranched alkanes of at least 4 members (excludes halogenated alkanes) is 1. The Bertz CT molecular complexity index is 521. The Morgan fingerprint density at radius 3 is 2.68 bits per heavy atom. The van der Waals surface area contributed by atoms with E-state index in [0.717, 1.165) is 25.1 Å². The molecule has 1 aromatic rings. The van der Waals surface area contributed by atoms with Gasteiger partial charge in [-0.1, -0.05) is 6.07 Å². The molecule has 0 aromatic heterocycles. The fraction of sp³-hybridized carbons (Fsp3) is 0.562. The molecule has 1 aromatic carbocycles. The predicted octanol–water partition coefficient (Wildman–Crippen LogP) is 4.24. The van der Waals surface area contributed by atoms with Crippen molar-refractivity contribution in [1.82, 2.24) is 10.6 Å². The Morgan fingerprint density at radius 1 is 1.28 bits per heavy atom. The van der Waals surface area contributed by atoms with E-state index in [2.05, 4.69) is 26.6 Å². The molecule has 0 saturated carbocycles. The maximum atomic E-state index is 13.9. The summed E-state index contributed by atoms with van der Waals surface area (Å²) in [5.41, 5.74) is 0.0115. The van der Waals surface area contributed by atoms with Gasteiger partial charge in [0.05, 0.1) is 12.1 Å². The minimum Gasteiger partial charge on any atom is -0.434 e. The molecule has 4 nitrogen and oxygen atoms in total. The summed E-state index contributed by atoms with van der Waals surface area (Å²) in [6.07, 6.45) is 4.14. The quantitative estimate of drug-likeness (QED) is 0.223. The topological polar surface area (TPSA) is 45.7 Å². The Balaban J connectivity index is 0.00000576. The lowest BCUT2D eigenvalue weighted by Crippen LogP contribution is -2.37. The fourth-order valence-corrected chi connectivity index (χ4v) is 2.47. The first kappa shape index (κ1) is 24.2. The summed E-state index contributed by atoms with van der Waals surface area (Å²) < 4.78 is 43.1. The second kappa shape index (κ2) is 14.3. The van der Waals surface area contributed by atoms with Crippen molar-refractivity contribution in [3.05, 3.63) is 29.6 Å². The zero-order chi connectivity index (χ0) is 17.8. The first-order valence-electron chi connectivity index (χ1n) is 7.81. The standard InChI is InChI=1S/C16H24F3N3OS.HI/c1-3-20-16(21-9-4-5-10-24-2)22-11-12-13(17)7-6-8-14(12)23-15(18)19;/h6-8,15H,3-5,9-11H2,1-2H3,(H2,20,21,22);1H. The molecule has 0 heterocycles. The number of guanidine groups is 1. The average molecular weight is 491 g/mol. The van der Waals surface area contributed by atoms with Gasteiger partial charge in [-0.2, -0.15) is 20.5 Å². The maximum Gasteiger partial charge on any atom is 0.387 e. The highest BCUT2D eigenvalue weighted by atomic mass is 127. The lowest BCUT2D eigenvalue weighted by atomic mass is 10.2. The molecule has 0 radical (unpaired) electrons. The SMILES string of the molecule is CCNC(=NCc1c(F)cccc1OC(F)F)NCCCCSC.I. The van der Waals surface area contributed by atoms with Crippen LogP contribution in [0, 0.1) is 5.82 Å². The summed E-state index contributed by atoms with van der Waals surface area (Å²) in [6, 6.07) is 3.84. The number of hydrogen-bond acceptors (Lipinski definition) is 3. The third kappa shape index (κ3) is 10.0. The first-order chi connectivity index (χ1) is 11.6. The van der Waals surface area contributed by atoms with Crippen molar-refractivity contribution in [3.63, 3.8) is 0 Å². The lowest BCUT2D eigenvalue weighted by molar-refractivity contribution is -0.0506. The van der Waals surface area contributed by atoms with Gasteiger partial charge in [-0.3, -0.25) is 0 Å². The van der Waals surface area contributed by atoms with Gasteiger partial charge in [0.1, 0.15) is 11.6 Å². The third-order valence-corrected chi connectivity index (χ3v) is 3.80. The van der Waals surface area contributed by atoms with Gasteiger partial charge >= 0.3 is 6.61 Å². The van der Waals surface area contributed by atoms with Crippen LogP contribution in [-0.2, 0) is 6.54 Å². The summed E-state index contributed by atoms with van der Waals surface area (Å²) in [4.78, 5) is 4.25. The molecule has 25 heavy (non-hydrogen) atoms. The minimum absolute atomic E-state index is 0. The van der Waals surface area contributed by atoms with E-state index in [4.69, 9.17) is 0 Å². The van der Waals surface area contributed by atoms with Crippen LogP contribution >= 0.6 is 35.7 Å². The average Bonchev–Trinajstić information content (AvgIpc) is 2.53. The Labute approximate surface area is 168 Å². The molecule has 9 heteroatoms. The van der Waals surface area contributed by atoms with Crippen molar-refractivity contribution in [2.45, 2.75) is 32.9 Å². The zero-order valence-corrected chi connectivity index (χ0v) is 17.5. The molecule has 0 bridgehead atoms. The second-order valence-corrected chi connectivity index (χ2v) is 5.90. The van der Waals surface area contributed by atoms with Crippen LogP contribution in [0.2, 0.25) is 0 Å². The Hall–Kier alpha value is -0.840. The number of alkyl halides is 2. The number of thioether (sulfide) groups is 1. The summed E-state index contributed by atoms with van der Waals surface area (Å²) in [5.74, 6) is 0.809. The number of hydrogen-bond donors (Lipinski definition) is 2. The fourth-order valence-electron chi connectivity index (χ4n) is 1.98. The summed E-state index contributed by atoms with van der Waals surface area (Å²) in [5, 5.41) is 6.19. The molecule has 0 spiro atoms. The molecule has 0 atom stereocenters. The van der Waals surface area contributed by atoms with Gasteiger partial charge in [0.2, 0.25) is 0 Å². The van der Waals surface area contributed by atoms with Crippen molar-refractivity contribution in [2.24, 2.45) is 4.99 Å². The largest absolute Gasteiger partial charge is 0.434 e. The van der Waals surface area contributed by atoms with E-state index in [0.29, 0.717) is 12.5 Å². The molecular weight excluding hydrogens is 466 g/mol. The number of benzene rings is 1. The highest BCUT2D eigenvalue weighted by Crippen LogP contribution is 2.24. The minimum atomic E-state index is -3.00. The third-order valence-electron chi connectivity index (χ3n) is 3.10. The van der Waals surface area contributed by atoms with Crippen LogP contribution in [0.25, 0.3) is 0 Å². The molecule has 2 N–H and O–H groups in total. The Kier molecular flexibility index (Phi) is 13.9. The lowest BCUT2D eigenvalue weighted by Gasteiger charge is -2.13. The molecule has 0 amide bonds. The van der Waals surface area contributed by atoms with Gasteiger partial charge in [-0.05, 0) is 43.9 Å². The number of nitrogens with one attached hydrogen (secondary N) is 2. The molecule has 0 fully saturated rings. The Morgan fingerprint density at radius 2 is 2.04 bits per heavy atom. The molecule has 0 unspecified atom stereocenters. The predicted molar refractivity (Wildman–Crippen MR) is 109 cm³/mol. The van der Waals surface area contributed by atoms with Gasteiger partial charge < -0.3 is 15.4 Å². The van der Waals surface area contributed by atoms with Crippen molar-refractivity contribution in [1.29, 1.82) is 0 Å². The molecular formula is C16H25F3IN3OS. The number of nitrogens with zero attached hydrogens (tertiary/aromatic N) is 1. The molecule has 1 rings (SSSR count). The number of rotatable bonds is 10. The van der Waals surface area contributed by atoms with E-state index in [-0.39, 0.29) is 41.8 Å². The van der Waals surface area contributed by atoms with Crippen LogP contribution in [0.3, 0.4) is 0 Å². The molecule has 0 aliphatic heterocycles. The van der Waals surface area contributed by atoms with E-state index >= 15 is 0 Å². The smallest absolute Gasteiger partial charge is 0.387 e. The van der Waals surface area contributed by atoms with E-state index in [1.807, 2.05) is 6.92 Å². The van der Waals surface area contributed by atoms with Crippen molar-refractivity contribution < 1.29 is 17.9 Å². The van der Waals surface area contributed by atoms with Crippen molar-refractivity contribution in [3.8, 4) is 5.75 Å². The highest BCUT2D eigenvalue weighted by molar-refractivity contribution is 14.0. The summed E-state index contributed by atoms with van der Waals surface area (Å²) in [7, 11) is 0. The van der Waals surface area contributed by atoms with Gasteiger partial charge in [0, 0.05) is 13.1 Å². The van der Waals surface area contributed by atoms with Crippen LogP contribution in [-0.4, -0.2) is 37.7 Å². The van der Waals surface area contributed by atoms with Crippen LogP contribution in [0.1, 0.15) is 25.3 Å². The van der Waals surface area contributed by atoms with E-state index in [9.17, 15) is 13.2 Å². The molecule has 0 aliphatic carbocycles. The van der Waals surface area contributed by atoms with Crippen molar-refractivity contribution in [2.75, 3.05) is 25.1 Å². The second-order valence-electron chi connectivity index (χ2n) is 4.92. The van der Waals surface area contributed by atoms with Gasteiger partial charge in [0.15, 0.2) is 5.96 Å². The number of aliphatic imine (C=N–C) groups is 1.